The Morgan fingerprint density at radius 3 is 1.15 bits per heavy atom. The van der Waals surface area contributed by atoms with E-state index < -0.39 is 0 Å². The Morgan fingerprint density at radius 2 is 0.815 bits per heavy atom. The third-order valence-corrected chi connectivity index (χ3v) is 5.05. The van der Waals surface area contributed by atoms with Gasteiger partial charge in [-0.1, -0.05) is 83.4 Å². The predicted octanol–water partition coefficient (Wildman–Crippen LogP) is 7.48. The lowest BCUT2D eigenvalue weighted by Gasteiger charge is -2.13. The number of hydrogen-bond donors (Lipinski definition) is 0. The van der Waals surface area contributed by atoms with Crippen molar-refractivity contribution in [1.29, 1.82) is 0 Å². The molecule has 0 saturated carbocycles. The Bertz CT molecular complexity index is 746. The van der Waals surface area contributed by atoms with Crippen molar-refractivity contribution in [3.8, 4) is 0 Å². The average molecular weight is 359 g/mol. The third-order valence-electron chi connectivity index (χ3n) is 5.05. The molecule has 4 rings (SSSR count). The lowest BCUT2D eigenvalue weighted by atomic mass is 9.92. The number of benzene rings is 3. The maximum absolute atomic E-state index is 2.26. The summed E-state index contributed by atoms with van der Waals surface area (Å²) in [5.41, 5.74) is 9.95. The highest BCUT2D eigenvalue weighted by atomic mass is 14.1. The summed E-state index contributed by atoms with van der Waals surface area (Å²) in [6.07, 6.45) is 5.38. The first-order valence-electron chi connectivity index (χ1n) is 10.1. The first-order valence-corrected chi connectivity index (χ1v) is 10.1. The van der Waals surface area contributed by atoms with Gasteiger partial charge in [0, 0.05) is 0 Å². The van der Waals surface area contributed by atoms with Crippen LogP contribution < -0.4 is 0 Å². The number of aryl methyl sites for hydroxylation is 7. The van der Waals surface area contributed by atoms with E-state index in [0.717, 1.165) is 0 Å². The molecular formula is C27H34. The molecule has 0 unspecified atom stereocenters. The Labute approximate surface area is 166 Å². The SMILES string of the molecule is Cc1cc(C)cc(C)c1.Cc1ccccc1C.c1ccc2c(c1)CCCC2. The molecule has 0 N–H and O–H groups in total. The van der Waals surface area contributed by atoms with Gasteiger partial charge in [-0.25, -0.2) is 0 Å². The van der Waals surface area contributed by atoms with Gasteiger partial charge in [-0.15, -0.1) is 0 Å². The molecule has 0 nitrogen and oxygen atoms in total. The molecule has 0 aliphatic heterocycles. The maximum Gasteiger partial charge on any atom is -0.0276 e. The molecule has 3 aromatic carbocycles. The molecule has 0 aromatic heterocycles. The van der Waals surface area contributed by atoms with E-state index in [0.29, 0.717) is 0 Å². The zero-order valence-electron chi connectivity index (χ0n) is 17.7. The molecular weight excluding hydrogens is 324 g/mol. The van der Waals surface area contributed by atoms with Gasteiger partial charge in [-0.3, -0.25) is 0 Å². The van der Waals surface area contributed by atoms with Crippen molar-refractivity contribution >= 4 is 0 Å². The summed E-state index contributed by atoms with van der Waals surface area (Å²) in [5, 5.41) is 0. The summed E-state index contributed by atoms with van der Waals surface area (Å²) in [6, 6.07) is 23.7. The normalized spacial score (nSPS) is 12.0. The molecule has 142 valence electrons. The highest BCUT2D eigenvalue weighted by molar-refractivity contribution is 5.29. The monoisotopic (exact) mass is 358 g/mol. The molecule has 0 heteroatoms. The van der Waals surface area contributed by atoms with Crippen LogP contribution in [0.1, 0.15) is 51.8 Å². The van der Waals surface area contributed by atoms with Gasteiger partial charge in [0.2, 0.25) is 0 Å². The second-order valence-corrected chi connectivity index (χ2v) is 7.73. The molecule has 3 aromatic rings. The second-order valence-electron chi connectivity index (χ2n) is 7.73. The third kappa shape index (κ3) is 7.43. The standard InChI is InChI=1S/C10H12.C9H12.C8H10/c1-2-6-10-8-4-3-7-9(10)5-1;1-7-4-8(2)6-9(3)5-7;1-7-5-3-4-6-8(7)2/h1-2,5-6H,3-4,7-8H2;4-6H,1-3H3;3-6H,1-2H3. The molecule has 0 saturated heterocycles. The molecule has 0 radical (unpaired) electrons. The maximum atomic E-state index is 2.26. The molecule has 0 spiro atoms. The molecule has 1 aliphatic carbocycles. The fourth-order valence-electron chi connectivity index (χ4n) is 3.54. The molecule has 27 heavy (non-hydrogen) atoms. The van der Waals surface area contributed by atoms with Crippen LogP contribution in [0.3, 0.4) is 0 Å². The van der Waals surface area contributed by atoms with Crippen molar-refractivity contribution in [2.45, 2.75) is 60.3 Å². The van der Waals surface area contributed by atoms with Gasteiger partial charge in [0.25, 0.3) is 0 Å². The Kier molecular flexibility index (Phi) is 8.33. The number of hydrogen-bond acceptors (Lipinski definition) is 0. The molecule has 0 amide bonds. The van der Waals surface area contributed by atoms with Gasteiger partial charge in [-0.05, 0) is 82.6 Å². The topological polar surface area (TPSA) is 0 Å². The number of rotatable bonds is 0. The van der Waals surface area contributed by atoms with Crippen LogP contribution in [0.25, 0.3) is 0 Å². The van der Waals surface area contributed by atoms with Crippen molar-refractivity contribution in [3.05, 3.63) is 106 Å². The zero-order valence-corrected chi connectivity index (χ0v) is 17.7. The van der Waals surface area contributed by atoms with Crippen molar-refractivity contribution in [3.63, 3.8) is 0 Å². The van der Waals surface area contributed by atoms with Gasteiger partial charge in [0.05, 0.1) is 0 Å². The van der Waals surface area contributed by atoms with Gasteiger partial charge >= 0.3 is 0 Å². The zero-order chi connectivity index (χ0) is 19.6. The second kappa shape index (κ2) is 10.7. The highest BCUT2D eigenvalue weighted by Gasteiger charge is 2.06. The molecule has 1 aliphatic rings. The van der Waals surface area contributed by atoms with E-state index in [1.165, 1.54) is 53.5 Å². The fourth-order valence-corrected chi connectivity index (χ4v) is 3.54. The van der Waals surface area contributed by atoms with E-state index in [2.05, 4.69) is 101 Å². The van der Waals surface area contributed by atoms with Crippen molar-refractivity contribution in [2.24, 2.45) is 0 Å². The quantitative estimate of drug-likeness (QED) is 0.391. The Balaban J connectivity index is 0.000000146. The van der Waals surface area contributed by atoms with Gasteiger partial charge in [0.1, 0.15) is 0 Å². The summed E-state index contributed by atoms with van der Waals surface area (Å²) in [4.78, 5) is 0. The molecule has 0 atom stereocenters. The van der Waals surface area contributed by atoms with E-state index >= 15 is 0 Å². The van der Waals surface area contributed by atoms with Crippen LogP contribution >= 0.6 is 0 Å². The summed E-state index contributed by atoms with van der Waals surface area (Å²) in [5.74, 6) is 0. The van der Waals surface area contributed by atoms with Crippen molar-refractivity contribution in [1.82, 2.24) is 0 Å². The van der Waals surface area contributed by atoms with Crippen LogP contribution in [0.5, 0.6) is 0 Å². The molecule has 0 fully saturated rings. The van der Waals surface area contributed by atoms with Gasteiger partial charge in [-0.2, -0.15) is 0 Å². The first-order chi connectivity index (χ1) is 13.0. The predicted molar refractivity (Wildman–Crippen MR) is 120 cm³/mol. The lowest BCUT2D eigenvalue weighted by molar-refractivity contribution is 0.685. The van der Waals surface area contributed by atoms with Crippen LogP contribution in [0.2, 0.25) is 0 Å². The fraction of sp³-hybridized carbons (Fsp3) is 0.333. The largest absolute Gasteiger partial charge is 0.0620 e. The number of fused-ring (bicyclic) bond motifs is 1. The van der Waals surface area contributed by atoms with Gasteiger partial charge in [0.15, 0.2) is 0 Å². The van der Waals surface area contributed by atoms with E-state index in [1.54, 1.807) is 11.1 Å². The van der Waals surface area contributed by atoms with E-state index in [9.17, 15) is 0 Å². The highest BCUT2D eigenvalue weighted by Crippen LogP contribution is 2.19. The summed E-state index contributed by atoms with van der Waals surface area (Å²) in [6.45, 7) is 10.6. The van der Waals surface area contributed by atoms with E-state index in [-0.39, 0.29) is 0 Å². The molecule has 0 heterocycles. The van der Waals surface area contributed by atoms with Crippen LogP contribution in [0.15, 0.2) is 66.7 Å². The minimum absolute atomic E-state index is 1.30. The lowest BCUT2D eigenvalue weighted by Crippen LogP contribution is -2.00. The Hall–Kier alpha value is -2.34. The summed E-state index contributed by atoms with van der Waals surface area (Å²) in [7, 11) is 0. The average Bonchev–Trinajstić information content (AvgIpc) is 2.64. The Morgan fingerprint density at radius 1 is 0.481 bits per heavy atom. The molecule has 0 bridgehead atoms. The minimum atomic E-state index is 1.30. The van der Waals surface area contributed by atoms with Crippen LogP contribution in [0.4, 0.5) is 0 Å². The van der Waals surface area contributed by atoms with E-state index in [1.807, 2.05) is 0 Å². The minimum Gasteiger partial charge on any atom is -0.0620 e. The van der Waals surface area contributed by atoms with Crippen molar-refractivity contribution in [2.75, 3.05) is 0 Å². The summed E-state index contributed by atoms with van der Waals surface area (Å²) >= 11 is 0. The van der Waals surface area contributed by atoms with Crippen LogP contribution in [-0.4, -0.2) is 0 Å². The van der Waals surface area contributed by atoms with E-state index in [4.69, 9.17) is 0 Å². The van der Waals surface area contributed by atoms with Crippen LogP contribution in [0, 0.1) is 34.6 Å². The summed E-state index contributed by atoms with van der Waals surface area (Å²) < 4.78 is 0. The van der Waals surface area contributed by atoms with Crippen LogP contribution in [-0.2, 0) is 12.8 Å². The first kappa shape index (κ1) is 21.0. The van der Waals surface area contributed by atoms with Crippen molar-refractivity contribution < 1.29 is 0 Å². The smallest absolute Gasteiger partial charge is 0.0276 e. The van der Waals surface area contributed by atoms with Gasteiger partial charge < -0.3 is 0 Å².